The van der Waals surface area contributed by atoms with Crippen molar-refractivity contribution in [1.29, 1.82) is 0 Å². The van der Waals surface area contributed by atoms with Crippen LogP contribution < -0.4 is 25.4 Å². The summed E-state index contributed by atoms with van der Waals surface area (Å²) < 4.78 is 10.9. The second-order valence-corrected chi connectivity index (χ2v) is 9.52. The van der Waals surface area contributed by atoms with Gasteiger partial charge in [0.1, 0.15) is 5.70 Å². The summed E-state index contributed by atoms with van der Waals surface area (Å²) in [6, 6.07) is 18.5. The molecule has 1 unspecified atom stereocenters. The van der Waals surface area contributed by atoms with E-state index in [-0.39, 0.29) is 5.91 Å². The molecule has 2 aliphatic heterocycles. The van der Waals surface area contributed by atoms with Crippen molar-refractivity contribution in [3.8, 4) is 11.5 Å². The maximum absolute atomic E-state index is 13.3. The number of para-hydroxylation sites is 1. The van der Waals surface area contributed by atoms with Gasteiger partial charge in [0.05, 0.1) is 24.6 Å². The number of nitrogens with zero attached hydrogens (tertiary/aromatic N) is 3. The fraction of sp³-hybridized carbons (Fsp3) is 0.160. The summed E-state index contributed by atoms with van der Waals surface area (Å²) in [4.78, 5) is 18.2. The van der Waals surface area contributed by atoms with E-state index < -0.39 is 6.17 Å². The largest absolute Gasteiger partial charge is 0.493 e. The van der Waals surface area contributed by atoms with E-state index in [2.05, 4.69) is 5.32 Å². The third-order valence-electron chi connectivity index (χ3n) is 5.59. The molecule has 0 saturated carbocycles. The molecule has 0 fully saturated rings. The highest BCUT2D eigenvalue weighted by Crippen LogP contribution is 2.40. The first-order valence-corrected chi connectivity index (χ1v) is 12.4. The lowest BCUT2D eigenvalue weighted by Crippen LogP contribution is -2.50. The second kappa shape index (κ2) is 9.81. The molecule has 2 heterocycles. The van der Waals surface area contributed by atoms with E-state index in [1.807, 2.05) is 48.5 Å². The highest BCUT2D eigenvalue weighted by atomic mass is 35.5. The molecule has 0 saturated heterocycles. The van der Waals surface area contributed by atoms with E-state index in [1.54, 1.807) is 31.4 Å². The molecule has 10 heteroatoms. The lowest BCUT2D eigenvalue weighted by Gasteiger charge is -2.34. The summed E-state index contributed by atoms with van der Waals surface area (Å²) in [5.41, 5.74) is 2.10. The minimum Gasteiger partial charge on any atom is -0.493 e. The van der Waals surface area contributed by atoms with E-state index >= 15 is 0 Å². The van der Waals surface area contributed by atoms with Gasteiger partial charge in [0, 0.05) is 27.6 Å². The summed E-state index contributed by atoms with van der Waals surface area (Å²) in [5.74, 6) is 1.35. The minimum absolute atomic E-state index is 0.262. The number of hydrazone groups is 1. The molecular weight excluding hydrogens is 507 g/mol. The predicted octanol–water partition coefficient (Wildman–Crippen LogP) is 4.09. The molecule has 0 bridgehead atoms. The molecule has 5 rings (SSSR count). The molecule has 0 aromatic heterocycles. The smallest absolute Gasteiger partial charge is 0.276 e. The van der Waals surface area contributed by atoms with Crippen LogP contribution in [-0.4, -0.2) is 30.3 Å². The van der Waals surface area contributed by atoms with Crippen LogP contribution >= 0.6 is 35.0 Å². The lowest BCUT2D eigenvalue weighted by molar-refractivity contribution is -0.116. The van der Waals surface area contributed by atoms with E-state index in [4.69, 9.17) is 42.8 Å². The number of thioether (sulfide) groups is 1. The molecular formula is C25H20Cl2N4O3S. The highest BCUT2D eigenvalue weighted by molar-refractivity contribution is 8.13. The fourth-order valence-corrected chi connectivity index (χ4v) is 5.08. The number of fused-ring (bicyclic) bond motifs is 2. The van der Waals surface area contributed by atoms with Crippen LogP contribution in [0.4, 0.5) is 0 Å². The fourth-order valence-electron chi connectivity index (χ4n) is 3.90. The van der Waals surface area contributed by atoms with Crippen molar-refractivity contribution >= 4 is 51.7 Å². The number of hydrogen-bond donors (Lipinski definition) is 1. The standard InChI is InChI=1S/C25H20Cl2N4O3S/c1-33-20-11-17(18(27)12-21(20)34-2)23-28-19-6-4-3-5-16(19)22-24(32)29-25(30-31(22)23)35-13-14-7-9-15(26)10-8-14/h3-12,23H,13H2,1-2H3,(H,29,30,32). The number of ether oxygens (including phenoxy) is 2. The third-order valence-corrected chi connectivity index (χ3v) is 7.10. The van der Waals surface area contributed by atoms with Gasteiger partial charge in [0.2, 0.25) is 0 Å². The van der Waals surface area contributed by atoms with Crippen molar-refractivity contribution in [2.75, 3.05) is 14.2 Å². The number of rotatable bonds is 5. The molecule has 1 N–H and O–H groups in total. The lowest BCUT2D eigenvalue weighted by atomic mass is 10.1. The van der Waals surface area contributed by atoms with Gasteiger partial charge in [0.25, 0.3) is 5.91 Å². The average Bonchev–Trinajstić information content (AvgIpc) is 2.87. The Hall–Kier alpha value is -3.20. The molecule has 35 heavy (non-hydrogen) atoms. The van der Waals surface area contributed by atoms with Gasteiger partial charge < -0.3 is 9.47 Å². The third kappa shape index (κ3) is 4.57. The van der Waals surface area contributed by atoms with Crippen molar-refractivity contribution < 1.29 is 14.3 Å². The SMILES string of the molecule is COc1cc(Cl)c(C2N=c3ccccc3=C3C(=O)NC(SCc4ccc(Cl)cc4)=NN32)cc1OC. The van der Waals surface area contributed by atoms with Crippen LogP contribution in [-0.2, 0) is 10.5 Å². The van der Waals surface area contributed by atoms with Gasteiger partial charge in [0.15, 0.2) is 22.8 Å². The zero-order valence-electron chi connectivity index (χ0n) is 18.8. The van der Waals surface area contributed by atoms with E-state index in [0.717, 1.165) is 5.56 Å². The maximum atomic E-state index is 13.3. The first kappa shape index (κ1) is 23.5. The number of halogens is 2. The van der Waals surface area contributed by atoms with Crippen molar-refractivity contribution in [2.45, 2.75) is 11.9 Å². The molecule has 7 nitrogen and oxygen atoms in total. The Labute approximate surface area is 216 Å². The van der Waals surface area contributed by atoms with Gasteiger partial charge in [-0.05, 0) is 29.8 Å². The summed E-state index contributed by atoms with van der Waals surface area (Å²) in [6.07, 6.45) is -0.676. The van der Waals surface area contributed by atoms with Crippen LogP contribution in [0, 0.1) is 0 Å². The quantitative estimate of drug-likeness (QED) is 0.541. The van der Waals surface area contributed by atoms with Crippen LogP contribution in [0.2, 0.25) is 10.0 Å². The Kier molecular flexibility index (Phi) is 6.60. The number of methoxy groups -OCH3 is 2. The van der Waals surface area contributed by atoms with Crippen molar-refractivity contribution in [3.63, 3.8) is 0 Å². The van der Waals surface area contributed by atoms with Gasteiger partial charge >= 0.3 is 0 Å². The molecule has 0 aliphatic carbocycles. The Morgan fingerprint density at radius 2 is 1.74 bits per heavy atom. The molecule has 0 radical (unpaired) electrons. The molecule has 1 atom stereocenters. The Morgan fingerprint density at radius 1 is 1.03 bits per heavy atom. The number of nitrogens with one attached hydrogen (secondary N) is 1. The van der Waals surface area contributed by atoms with Gasteiger partial charge in [-0.1, -0.05) is 65.3 Å². The maximum Gasteiger partial charge on any atom is 0.276 e. The average molecular weight is 527 g/mol. The number of carbonyl (C=O) groups excluding carboxylic acids is 1. The van der Waals surface area contributed by atoms with Gasteiger partial charge in [-0.3, -0.25) is 15.1 Å². The molecule has 178 valence electrons. The normalized spacial score (nSPS) is 16.5. The van der Waals surface area contributed by atoms with Gasteiger partial charge in [-0.25, -0.2) is 5.01 Å². The Balaban J connectivity index is 1.59. The van der Waals surface area contributed by atoms with Gasteiger partial charge in [-0.2, -0.15) is 0 Å². The predicted molar refractivity (Wildman–Crippen MR) is 138 cm³/mol. The number of hydrogen-bond acceptors (Lipinski definition) is 7. The van der Waals surface area contributed by atoms with E-state index in [1.165, 1.54) is 11.8 Å². The Bertz CT molecular complexity index is 1460. The van der Waals surface area contributed by atoms with Crippen molar-refractivity contribution in [2.24, 2.45) is 10.1 Å². The topological polar surface area (TPSA) is 75.5 Å². The molecule has 0 spiro atoms. The number of amides is 1. The van der Waals surface area contributed by atoms with E-state index in [0.29, 0.717) is 54.3 Å². The zero-order valence-corrected chi connectivity index (χ0v) is 21.1. The number of benzene rings is 3. The van der Waals surface area contributed by atoms with E-state index in [9.17, 15) is 4.79 Å². The minimum atomic E-state index is -0.676. The van der Waals surface area contributed by atoms with Crippen LogP contribution in [0.1, 0.15) is 17.3 Å². The second-order valence-electron chi connectivity index (χ2n) is 7.72. The summed E-state index contributed by atoms with van der Waals surface area (Å²) in [7, 11) is 3.10. The number of carbonyl (C=O) groups is 1. The molecule has 3 aromatic rings. The summed E-state index contributed by atoms with van der Waals surface area (Å²) in [5, 5.41) is 12.2. The first-order chi connectivity index (χ1) is 17.0. The van der Waals surface area contributed by atoms with Crippen LogP contribution in [0.15, 0.2) is 70.8 Å². The van der Waals surface area contributed by atoms with Crippen LogP contribution in [0.5, 0.6) is 11.5 Å². The Morgan fingerprint density at radius 3 is 2.49 bits per heavy atom. The monoisotopic (exact) mass is 526 g/mol. The first-order valence-electron chi connectivity index (χ1n) is 10.6. The molecule has 2 aliphatic rings. The van der Waals surface area contributed by atoms with Crippen molar-refractivity contribution in [3.05, 3.63) is 92.4 Å². The summed E-state index contributed by atoms with van der Waals surface area (Å²) in [6.45, 7) is 0. The van der Waals surface area contributed by atoms with Crippen molar-refractivity contribution in [1.82, 2.24) is 10.3 Å². The summed E-state index contributed by atoms with van der Waals surface area (Å²) >= 11 is 14.1. The highest BCUT2D eigenvalue weighted by Gasteiger charge is 2.35. The van der Waals surface area contributed by atoms with Gasteiger partial charge in [-0.15, -0.1) is 5.10 Å². The molecule has 3 aromatic carbocycles. The number of amidine groups is 1. The molecule has 1 amide bonds. The van der Waals surface area contributed by atoms with Crippen LogP contribution in [0.3, 0.4) is 0 Å². The zero-order chi connectivity index (χ0) is 24.5. The van der Waals surface area contributed by atoms with Crippen LogP contribution in [0.25, 0.3) is 5.70 Å².